The number of benzene rings is 1. The summed E-state index contributed by atoms with van der Waals surface area (Å²) in [5.74, 6) is 1.20. The lowest BCUT2D eigenvalue weighted by atomic mass is 9.82. The van der Waals surface area contributed by atoms with Gasteiger partial charge in [0.2, 0.25) is 0 Å². The molecule has 2 unspecified atom stereocenters. The minimum atomic E-state index is -2.65. The Kier molecular flexibility index (Phi) is 4.46. The molecule has 1 amide bonds. The average Bonchev–Trinajstić information content (AvgIpc) is 3.02. The lowest BCUT2D eigenvalue weighted by Crippen LogP contribution is -2.34. The third-order valence-electron chi connectivity index (χ3n) is 4.70. The lowest BCUT2D eigenvalue weighted by molar-refractivity contribution is -0.0936. The van der Waals surface area contributed by atoms with Crippen molar-refractivity contribution in [1.82, 2.24) is 10.3 Å². The summed E-state index contributed by atoms with van der Waals surface area (Å²) in [6, 6.07) is 3.72. The van der Waals surface area contributed by atoms with Crippen LogP contribution in [-0.4, -0.2) is 17.0 Å². The number of carbonyl (C=O) groups is 1. The van der Waals surface area contributed by atoms with E-state index in [9.17, 15) is 22.4 Å². The summed E-state index contributed by atoms with van der Waals surface area (Å²) in [5.41, 5.74) is 0.842. The largest absolute Gasteiger partial charge is 0.439 e. The zero-order valence-electron chi connectivity index (χ0n) is 14.4. The van der Waals surface area contributed by atoms with E-state index in [2.05, 4.69) is 22.1 Å². The third-order valence-corrected chi connectivity index (χ3v) is 4.70. The van der Waals surface area contributed by atoms with E-state index in [0.717, 1.165) is 18.2 Å². The number of amides is 1. The van der Waals surface area contributed by atoms with Crippen molar-refractivity contribution in [2.45, 2.75) is 30.9 Å². The second kappa shape index (κ2) is 6.82. The Labute approximate surface area is 157 Å². The number of pyridine rings is 1. The average molecular weight is 390 g/mol. The number of ether oxygens (including phenoxy) is 1. The van der Waals surface area contributed by atoms with Gasteiger partial charge in [-0.05, 0) is 29.8 Å². The van der Waals surface area contributed by atoms with E-state index in [-0.39, 0.29) is 24.3 Å². The second-order valence-electron chi connectivity index (χ2n) is 6.85. The Morgan fingerprint density at radius 3 is 2.71 bits per heavy atom. The molecular weight excluding hydrogens is 376 g/mol. The Balaban J connectivity index is 1.60. The van der Waals surface area contributed by atoms with Gasteiger partial charge in [0.1, 0.15) is 17.7 Å². The summed E-state index contributed by atoms with van der Waals surface area (Å²) in [6.07, 6.45) is 0.529. The number of alkyl carbamates (subject to hydrolysis) is 1. The SMILES string of the molecule is O=C1NC(c2cncc(C#CC3CC(F)(F)C3)c2)C(c2cc(F)ccc2F)O1. The number of halogens is 4. The van der Waals surface area contributed by atoms with Crippen LogP contribution in [0.4, 0.5) is 22.4 Å². The van der Waals surface area contributed by atoms with Crippen LogP contribution in [0.5, 0.6) is 0 Å². The van der Waals surface area contributed by atoms with Crippen LogP contribution < -0.4 is 5.32 Å². The molecule has 1 N–H and O–H groups in total. The molecule has 28 heavy (non-hydrogen) atoms. The highest BCUT2D eigenvalue weighted by Gasteiger charge is 2.44. The molecule has 0 bridgehead atoms. The molecule has 2 atom stereocenters. The molecule has 1 aliphatic heterocycles. The molecule has 1 saturated carbocycles. The van der Waals surface area contributed by atoms with Gasteiger partial charge < -0.3 is 10.1 Å². The van der Waals surface area contributed by atoms with Crippen LogP contribution in [0.2, 0.25) is 0 Å². The van der Waals surface area contributed by atoms with Crippen molar-refractivity contribution in [2.24, 2.45) is 5.92 Å². The van der Waals surface area contributed by atoms with Crippen LogP contribution in [0.25, 0.3) is 0 Å². The fourth-order valence-electron chi connectivity index (χ4n) is 3.30. The van der Waals surface area contributed by atoms with Gasteiger partial charge in [0.05, 0.1) is 0 Å². The fourth-order valence-corrected chi connectivity index (χ4v) is 3.30. The Morgan fingerprint density at radius 1 is 1.18 bits per heavy atom. The molecule has 0 radical (unpaired) electrons. The van der Waals surface area contributed by atoms with Crippen LogP contribution in [-0.2, 0) is 4.74 Å². The van der Waals surface area contributed by atoms with Crippen LogP contribution >= 0.6 is 0 Å². The van der Waals surface area contributed by atoms with Gasteiger partial charge in [-0.2, -0.15) is 0 Å². The monoisotopic (exact) mass is 390 g/mol. The van der Waals surface area contributed by atoms with E-state index >= 15 is 0 Å². The Morgan fingerprint density at radius 2 is 1.96 bits per heavy atom. The van der Waals surface area contributed by atoms with Gasteiger partial charge >= 0.3 is 6.09 Å². The molecule has 2 aromatic rings. The van der Waals surface area contributed by atoms with E-state index in [1.165, 1.54) is 12.4 Å². The number of rotatable bonds is 2. The summed E-state index contributed by atoms with van der Waals surface area (Å²) >= 11 is 0. The molecule has 1 aliphatic carbocycles. The van der Waals surface area contributed by atoms with Crippen LogP contribution in [0.3, 0.4) is 0 Å². The van der Waals surface area contributed by atoms with Crippen molar-refractivity contribution >= 4 is 6.09 Å². The molecule has 2 heterocycles. The first-order chi connectivity index (χ1) is 13.3. The summed E-state index contributed by atoms with van der Waals surface area (Å²) in [5, 5.41) is 2.55. The predicted octanol–water partition coefficient (Wildman–Crippen LogP) is 4.28. The smallest absolute Gasteiger partial charge is 0.408 e. The molecule has 2 fully saturated rings. The molecular formula is C20H14F4N2O2. The van der Waals surface area contributed by atoms with E-state index < -0.39 is 35.8 Å². The molecule has 4 rings (SSSR count). The molecule has 1 aromatic heterocycles. The quantitative estimate of drug-likeness (QED) is 0.615. The minimum Gasteiger partial charge on any atom is -0.439 e. The first-order valence-electron chi connectivity index (χ1n) is 8.57. The number of hydrogen-bond acceptors (Lipinski definition) is 3. The highest BCUT2D eigenvalue weighted by Crippen LogP contribution is 2.42. The number of cyclic esters (lactones) is 1. The van der Waals surface area contributed by atoms with Gasteiger partial charge in [-0.25, -0.2) is 22.4 Å². The molecule has 2 aliphatic rings. The number of aromatic nitrogens is 1. The number of carbonyl (C=O) groups excluding carboxylic acids is 1. The van der Waals surface area contributed by atoms with Crippen molar-refractivity contribution in [3.63, 3.8) is 0 Å². The molecule has 0 spiro atoms. The summed E-state index contributed by atoms with van der Waals surface area (Å²) in [4.78, 5) is 15.8. The van der Waals surface area contributed by atoms with Crippen LogP contribution in [0.15, 0.2) is 36.7 Å². The minimum absolute atomic E-state index is 0.100. The lowest BCUT2D eigenvalue weighted by Gasteiger charge is -2.31. The van der Waals surface area contributed by atoms with Crippen molar-refractivity contribution in [2.75, 3.05) is 0 Å². The molecule has 8 heteroatoms. The van der Waals surface area contributed by atoms with E-state index in [1.54, 1.807) is 6.07 Å². The highest BCUT2D eigenvalue weighted by molar-refractivity contribution is 5.71. The number of nitrogens with zero attached hydrogens (tertiary/aromatic N) is 1. The second-order valence-corrected chi connectivity index (χ2v) is 6.85. The number of nitrogens with one attached hydrogen (secondary N) is 1. The van der Waals surface area contributed by atoms with Gasteiger partial charge in [-0.1, -0.05) is 11.8 Å². The molecule has 1 aromatic carbocycles. The van der Waals surface area contributed by atoms with E-state index in [1.807, 2.05) is 0 Å². The summed E-state index contributed by atoms with van der Waals surface area (Å²) in [7, 11) is 0. The van der Waals surface area contributed by atoms with Crippen LogP contribution in [0.1, 0.15) is 41.7 Å². The predicted molar refractivity (Wildman–Crippen MR) is 90.2 cm³/mol. The maximum absolute atomic E-state index is 14.1. The summed E-state index contributed by atoms with van der Waals surface area (Å²) in [6.45, 7) is 0. The Hall–Kier alpha value is -3.08. The van der Waals surface area contributed by atoms with Crippen LogP contribution in [0, 0.1) is 29.4 Å². The first-order valence-corrected chi connectivity index (χ1v) is 8.57. The van der Waals surface area contributed by atoms with Gasteiger partial charge in [-0.3, -0.25) is 4.98 Å². The first kappa shape index (κ1) is 18.3. The van der Waals surface area contributed by atoms with Crippen molar-refractivity contribution in [3.8, 4) is 11.8 Å². The maximum atomic E-state index is 14.1. The van der Waals surface area contributed by atoms with Gasteiger partial charge in [-0.15, -0.1) is 0 Å². The standard InChI is InChI=1S/C20H14F4N2O2/c21-14-3-4-16(22)15(6-14)18-17(26-19(27)28-18)13-5-11(9-25-10-13)1-2-12-7-20(23,24)8-12/h3-6,9-10,12,17-18H,7-8H2,(H,26,27). The van der Waals surface area contributed by atoms with E-state index in [4.69, 9.17) is 4.74 Å². The van der Waals surface area contributed by atoms with Crippen molar-refractivity contribution in [1.29, 1.82) is 0 Å². The van der Waals surface area contributed by atoms with Gasteiger partial charge in [0.25, 0.3) is 5.92 Å². The van der Waals surface area contributed by atoms with Gasteiger partial charge in [0, 0.05) is 42.3 Å². The van der Waals surface area contributed by atoms with Gasteiger partial charge in [0.15, 0.2) is 6.10 Å². The summed E-state index contributed by atoms with van der Waals surface area (Å²) < 4.78 is 58.6. The molecule has 1 saturated heterocycles. The third kappa shape index (κ3) is 3.65. The number of alkyl halides is 2. The zero-order valence-corrected chi connectivity index (χ0v) is 14.4. The fraction of sp³-hybridized carbons (Fsp3) is 0.300. The molecule has 4 nitrogen and oxygen atoms in total. The van der Waals surface area contributed by atoms with Crippen molar-refractivity contribution < 1.29 is 27.1 Å². The topological polar surface area (TPSA) is 51.2 Å². The maximum Gasteiger partial charge on any atom is 0.408 e. The van der Waals surface area contributed by atoms with E-state index in [0.29, 0.717) is 11.1 Å². The van der Waals surface area contributed by atoms with Crippen molar-refractivity contribution in [3.05, 3.63) is 65.0 Å². The normalized spacial score (nSPS) is 23.2. The zero-order chi connectivity index (χ0) is 19.9. The Bertz CT molecular complexity index is 991. The molecule has 144 valence electrons. The highest BCUT2D eigenvalue weighted by atomic mass is 19.3. The number of hydrogen-bond donors (Lipinski definition) is 1.